The molecule has 1 atom stereocenters. The standard InChI is InChI=1S/C25H31FN6O/c1-33-23-9-5-4-8-22(23)24(31-16-14-30(15-17-31)21-6-2-3-7-21)25-27-28-29-32(25)18-19-10-12-20(26)13-11-19/h4-5,8-13,21,24H,2-3,6-7,14-18H2,1H3/t24-/m0/s1. The molecule has 8 heteroatoms. The lowest BCUT2D eigenvalue weighted by Crippen LogP contribution is -2.51. The van der Waals surface area contributed by atoms with Crippen molar-refractivity contribution in [3.63, 3.8) is 0 Å². The van der Waals surface area contributed by atoms with Crippen LogP contribution in [-0.4, -0.2) is 69.3 Å². The lowest BCUT2D eigenvalue weighted by atomic mass is 10.0. The molecule has 0 amide bonds. The summed E-state index contributed by atoms with van der Waals surface area (Å²) >= 11 is 0. The first-order valence-electron chi connectivity index (χ1n) is 11.8. The summed E-state index contributed by atoms with van der Waals surface area (Å²) in [5.74, 6) is 1.36. The molecule has 2 heterocycles. The van der Waals surface area contributed by atoms with Crippen LogP contribution >= 0.6 is 0 Å². The van der Waals surface area contributed by atoms with Crippen molar-refractivity contribution in [2.24, 2.45) is 0 Å². The Hall–Kier alpha value is -2.84. The number of tetrazole rings is 1. The van der Waals surface area contributed by atoms with E-state index in [1.54, 1.807) is 19.2 Å². The Morgan fingerprint density at radius 2 is 1.73 bits per heavy atom. The predicted molar refractivity (Wildman–Crippen MR) is 124 cm³/mol. The molecule has 33 heavy (non-hydrogen) atoms. The predicted octanol–water partition coefficient (Wildman–Crippen LogP) is 3.52. The number of nitrogens with zero attached hydrogens (tertiary/aromatic N) is 6. The number of aromatic nitrogens is 4. The van der Waals surface area contributed by atoms with Gasteiger partial charge < -0.3 is 4.74 Å². The van der Waals surface area contributed by atoms with Crippen LogP contribution in [0.15, 0.2) is 48.5 Å². The Kier molecular flexibility index (Phi) is 6.64. The van der Waals surface area contributed by atoms with Crippen molar-refractivity contribution in [1.29, 1.82) is 0 Å². The van der Waals surface area contributed by atoms with Crippen LogP contribution in [-0.2, 0) is 6.54 Å². The smallest absolute Gasteiger partial charge is 0.173 e. The number of rotatable bonds is 7. The highest BCUT2D eigenvalue weighted by atomic mass is 19.1. The normalized spacial score (nSPS) is 19.1. The summed E-state index contributed by atoms with van der Waals surface area (Å²) in [4.78, 5) is 5.13. The number of ether oxygens (including phenoxy) is 1. The average Bonchev–Trinajstić information content (AvgIpc) is 3.55. The highest BCUT2D eigenvalue weighted by Crippen LogP contribution is 2.35. The molecule has 0 bridgehead atoms. The SMILES string of the molecule is COc1ccccc1[C@@H](c1nnnn1Cc1ccc(F)cc1)N1CCN(C2CCCC2)CC1. The van der Waals surface area contributed by atoms with Crippen molar-refractivity contribution in [2.45, 2.75) is 44.3 Å². The summed E-state index contributed by atoms with van der Waals surface area (Å²) in [6.45, 7) is 4.48. The molecule has 2 aliphatic rings. The van der Waals surface area contributed by atoms with Crippen molar-refractivity contribution in [3.05, 3.63) is 71.3 Å². The van der Waals surface area contributed by atoms with Crippen LogP contribution in [0.3, 0.4) is 0 Å². The van der Waals surface area contributed by atoms with E-state index in [0.29, 0.717) is 6.54 Å². The van der Waals surface area contributed by atoms with E-state index in [1.807, 2.05) is 22.9 Å². The molecule has 1 aliphatic carbocycles. The molecule has 5 rings (SSSR count). The fourth-order valence-corrected chi connectivity index (χ4v) is 5.30. The molecule has 1 saturated carbocycles. The van der Waals surface area contributed by atoms with E-state index >= 15 is 0 Å². The second-order valence-corrected chi connectivity index (χ2v) is 8.98. The van der Waals surface area contributed by atoms with Gasteiger partial charge in [0.05, 0.1) is 13.7 Å². The Bertz CT molecular complexity index is 1040. The first kappa shape index (κ1) is 22.0. The zero-order valence-corrected chi connectivity index (χ0v) is 19.1. The first-order chi connectivity index (χ1) is 16.2. The molecule has 0 radical (unpaired) electrons. The molecular formula is C25H31FN6O. The molecule has 174 valence electrons. The number of benzene rings is 2. The molecule has 0 spiro atoms. The minimum absolute atomic E-state index is 0.123. The van der Waals surface area contributed by atoms with E-state index in [0.717, 1.165) is 54.9 Å². The third-order valence-electron chi connectivity index (χ3n) is 7.04. The van der Waals surface area contributed by atoms with Gasteiger partial charge in [-0.1, -0.05) is 43.2 Å². The van der Waals surface area contributed by atoms with Crippen molar-refractivity contribution >= 4 is 0 Å². The van der Waals surface area contributed by atoms with Crippen LogP contribution < -0.4 is 4.74 Å². The second-order valence-electron chi connectivity index (χ2n) is 8.98. The number of hydrogen-bond acceptors (Lipinski definition) is 6. The summed E-state index contributed by atoms with van der Waals surface area (Å²) in [5, 5.41) is 12.8. The maximum absolute atomic E-state index is 13.4. The lowest BCUT2D eigenvalue weighted by molar-refractivity contribution is 0.0764. The zero-order valence-electron chi connectivity index (χ0n) is 19.1. The topological polar surface area (TPSA) is 59.3 Å². The highest BCUT2D eigenvalue weighted by molar-refractivity contribution is 5.39. The van der Waals surface area contributed by atoms with Crippen LogP contribution in [0.4, 0.5) is 4.39 Å². The molecule has 2 fully saturated rings. The third kappa shape index (κ3) is 4.77. The molecule has 1 aliphatic heterocycles. The van der Waals surface area contributed by atoms with Gasteiger partial charge in [-0.05, 0) is 47.0 Å². The molecular weight excluding hydrogens is 419 g/mol. The minimum atomic E-state index is -0.247. The summed E-state index contributed by atoms with van der Waals surface area (Å²) in [6, 6.07) is 15.2. The average molecular weight is 451 g/mol. The van der Waals surface area contributed by atoms with Gasteiger partial charge in [-0.25, -0.2) is 9.07 Å². The summed E-state index contributed by atoms with van der Waals surface area (Å²) in [5.41, 5.74) is 2.01. The first-order valence-corrected chi connectivity index (χ1v) is 11.8. The van der Waals surface area contributed by atoms with Crippen LogP contribution in [0.2, 0.25) is 0 Å². The van der Waals surface area contributed by atoms with Gasteiger partial charge in [0.2, 0.25) is 0 Å². The molecule has 7 nitrogen and oxygen atoms in total. The molecule has 1 saturated heterocycles. The Labute approximate surface area is 194 Å². The van der Waals surface area contributed by atoms with Crippen molar-refractivity contribution < 1.29 is 9.13 Å². The number of piperazine rings is 1. The van der Waals surface area contributed by atoms with E-state index in [1.165, 1.54) is 37.8 Å². The van der Waals surface area contributed by atoms with E-state index < -0.39 is 0 Å². The number of hydrogen-bond donors (Lipinski definition) is 0. The van der Waals surface area contributed by atoms with Gasteiger partial charge in [-0.15, -0.1) is 5.10 Å². The number of para-hydroxylation sites is 1. The Morgan fingerprint density at radius 1 is 1.00 bits per heavy atom. The maximum atomic E-state index is 13.4. The van der Waals surface area contributed by atoms with Crippen molar-refractivity contribution in [1.82, 2.24) is 30.0 Å². The molecule has 2 aromatic carbocycles. The van der Waals surface area contributed by atoms with Gasteiger partial charge in [-0.2, -0.15) is 0 Å². The third-order valence-corrected chi connectivity index (χ3v) is 7.04. The number of halogens is 1. The van der Waals surface area contributed by atoms with Gasteiger partial charge in [0.1, 0.15) is 17.6 Å². The van der Waals surface area contributed by atoms with Crippen LogP contribution in [0.25, 0.3) is 0 Å². The van der Waals surface area contributed by atoms with Crippen molar-refractivity contribution in [3.8, 4) is 5.75 Å². The fraction of sp³-hybridized carbons (Fsp3) is 0.480. The van der Waals surface area contributed by atoms with Crippen LogP contribution in [0.5, 0.6) is 5.75 Å². The van der Waals surface area contributed by atoms with E-state index in [2.05, 4.69) is 31.4 Å². The molecule has 0 unspecified atom stereocenters. The highest BCUT2D eigenvalue weighted by Gasteiger charge is 2.34. The quantitative estimate of drug-likeness (QED) is 0.549. The summed E-state index contributed by atoms with van der Waals surface area (Å²) in [7, 11) is 1.70. The number of methoxy groups -OCH3 is 1. The maximum Gasteiger partial charge on any atom is 0.173 e. The van der Waals surface area contributed by atoms with Gasteiger partial charge >= 0.3 is 0 Å². The van der Waals surface area contributed by atoms with E-state index in [4.69, 9.17) is 4.74 Å². The van der Waals surface area contributed by atoms with E-state index in [9.17, 15) is 4.39 Å². The molecule has 0 N–H and O–H groups in total. The van der Waals surface area contributed by atoms with E-state index in [-0.39, 0.29) is 11.9 Å². The van der Waals surface area contributed by atoms with Gasteiger partial charge in [0.15, 0.2) is 5.82 Å². The summed E-state index contributed by atoms with van der Waals surface area (Å²) in [6.07, 6.45) is 5.36. The largest absolute Gasteiger partial charge is 0.496 e. The minimum Gasteiger partial charge on any atom is -0.496 e. The zero-order chi connectivity index (χ0) is 22.6. The van der Waals surface area contributed by atoms with Crippen LogP contribution in [0.1, 0.15) is 48.7 Å². The van der Waals surface area contributed by atoms with Gasteiger partial charge in [-0.3, -0.25) is 9.80 Å². The Morgan fingerprint density at radius 3 is 2.45 bits per heavy atom. The monoisotopic (exact) mass is 450 g/mol. The van der Waals surface area contributed by atoms with Gasteiger partial charge in [0.25, 0.3) is 0 Å². The van der Waals surface area contributed by atoms with Gasteiger partial charge in [0, 0.05) is 37.8 Å². The van der Waals surface area contributed by atoms with Crippen molar-refractivity contribution in [2.75, 3.05) is 33.3 Å². The second kappa shape index (κ2) is 9.97. The Balaban J connectivity index is 1.44. The molecule has 3 aromatic rings. The lowest BCUT2D eigenvalue weighted by Gasteiger charge is -2.41. The van der Waals surface area contributed by atoms with Crippen LogP contribution in [0, 0.1) is 5.82 Å². The summed E-state index contributed by atoms with van der Waals surface area (Å²) < 4.78 is 21.0. The molecule has 1 aromatic heterocycles. The fourth-order valence-electron chi connectivity index (χ4n) is 5.30.